The van der Waals surface area contributed by atoms with Gasteiger partial charge in [0.05, 0.1) is 10.9 Å². The van der Waals surface area contributed by atoms with Gasteiger partial charge in [0.25, 0.3) is 5.91 Å². The van der Waals surface area contributed by atoms with Gasteiger partial charge in [0.2, 0.25) is 5.91 Å². The Hall–Kier alpha value is -2.37. The number of piperidine rings is 1. The number of nitrogens with one attached hydrogen (secondary N) is 1. The first-order chi connectivity index (χ1) is 11.1. The Kier molecular flexibility index (Phi) is 3.14. The molecule has 23 heavy (non-hydrogen) atoms. The van der Waals surface area contributed by atoms with Crippen molar-refractivity contribution in [3.63, 3.8) is 0 Å². The predicted molar refractivity (Wildman–Crippen MR) is 85.9 cm³/mol. The van der Waals surface area contributed by atoms with E-state index >= 15 is 0 Å². The molecule has 1 atom stereocenters. The van der Waals surface area contributed by atoms with Crippen molar-refractivity contribution in [1.29, 1.82) is 0 Å². The van der Waals surface area contributed by atoms with Crippen LogP contribution in [0.3, 0.4) is 0 Å². The first-order valence-corrected chi connectivity index (χ1v) is 8.09. The molecule has 6 nitrogen and oxygen atoms in total. The number of benzene rings is 1. The van der Waals surface area contributed by atoms with Crippen molar-refractivity contribution < 1.29 is 9.59 Å². The lowest BCUT2D eigenvalue weighted by molar-refractivity contribution is -0.143. The molecule has 4 rings (SSSR count). The molecule has 2 aliphatic rings. The second-order valence-corrected chi connectivity index (χ2v) is 6.71. The number of hydrogen-bond donors (Lipinski definition) is 1. The molecule has 2 saturated heterocycles. The summed E-state index contributed by atoms with van der Waals surface area (Å²) in [5.41, 5.74) is 0.932. The minimum absolute atomic E-state index is 0.0830. The number of H-pyrrole nitrogens is 1. The summed E-state index contributed by atoms with van der Waals surface area (Å²) in [5.74, 6) is 0.103. The smallest absolute Gasteiger partial charge is 0.275 e. The molecule has 6 heteroatoms. The molecule has 2 amide bonds. The monoisotopic (exact) mass is 312 g/mol. The molecule has 1 aromatic heterocycles. The van der Waals surface area contributed by atoms with Gasteiger partial charge in [-0.15, -0.1) is 0 Å². The second kappa shape index (κ2) is 5.08. The number of hydrogen-bond acceptors (Lipinski definition) is 3. The molecule has 1 aromatic carbocycles. The molecule has 0 saturated carbocycles. The minimum atomic E-state index is -0.380. The average molecular weight is 312 g/mol. The van der Waals surface area contributed by atoms with Gasteiger partial charge in [0, 0.05) is 32.1 Å². The van der Waals surface area contributed by atoms with Gasteiger partial charge < -0.3 is 9.80 Å². The van der Waals surface area contributed by atoms with Crippen LogP contribution in [-0.4, -0.2) is 58.5 Å². The number of rotatable bonds is 1. The summed E-state index contributed by atoms with van der Waals surface area (Å²) >= 11 is 0. The van der Waals surface area contributed by atoms with Gasteiger partial charge in [-0.1, -0.05) is 18.2 Å². The van der Waals surface area contributed by atoms with E-state index in [1.54, 1.807) is 9.80 Å². The zero-order valence-corrected chi connectivity index (χ0v) is 13.2. The van der Waals surface area contributed by atoms with Crippen LogP contribution in [0.25, 0.3) is 10.9 Å². The first-order valence-electron chi connectivity index (χ1n) is 8.09. The summed E-state index contributed by atoms with van der Waals surface area (Å²) in [6.45, 7) is 1.95. The Bertz CT molecular complexity index is 784. The second-order valence-electron chi connectivity index (χ2n) is 6.71. The molecule has 120 valence electrons. The van der Waals surface area contributed by atoms with E-state index in [0.29, 0.717) is 18.8 Å². The molecule has 0 radical (unpaired) electrons. The number of aromatic amines is 1. The van der Waals surface area contributed by atoms with Gasteiger partial charge >= 0.3 is 0 Å². The van der Waals surface area contributed by atoms with Gasteiger partial charge in [-0.25, -0.2) is 0 Å². The van der Waals surface area contributed by atoms with Crippen LogP contribution in [0.5, 0.6) is 0 Å². The van der Waals surface area contributed by atoms with Crippen molar-refractivity contribution in [3.8, 4) is 0 Å². The third-order valence-electron chi connectivity index (χ3n) is 5.26. The number of carbonyl (C=O) groups excluding carboxylic acids is 2. The molecule has 2 aliphatic heterocycles. The quantitative estimate of drug-likeness (QED) is 0.870. The summed E-state index contributed by atoms with van der Waals surface area (Å²) in [6, 6.07) is 7.62. The Morgan fingerprint density at radius 2 is 2.09 bits per heavy atom. The van der Waals surface area contributed by atoms with Gasteiger partial charge in [-0.05, 0) is 25.3 Å². The number of para-hydroxylation sites is 1. The van der Waals surface area contributed by atoms with E-state index < -0.39 is 0 Å². The van der Waals surface area contributed by atoms with Crippen molar-refractivity contribution in [1.82, 2.24) is 20.0 Å². The van der Waals surface area contributed by atoms with Crippen LogP contribution < -0.4 is 0 Å². The third-order valence-corrected chi connectivity index (χ3v) is 5.26. The Morgan fingerprint density at radius 1 is 1.26 bits per heavy atom. The summed E-state index contributed by atoms with van der Waals surface area (Å²) in [6.07, 6.45) is 2.64. The highest BCUT2D eigenvalue weighted by molar-refractivity contribution is 6.05. The maximum Gasteiger partial charge on any atom is 0.275 e. The number of carbonyl (C=O) groups is 2. The number of nitrogens with zero attached hydrogens (tertiary/aromatic N) is 3. The lowest BCUT2D eigenvalue weighted by Gasteiger charge is -2.37. The fraction of sp³-hybridized carbons (Fsp3) is 0.471. The van der Waals surface area contributed by atoms with Crippen molar-refractivity contribution >= 4 is 22.7 Å². The lowest BCUT2D eigenvalue weighted by Crippen LogP contribution is -2.48. The molecular weight excluding hydrogens is 292 g/mol. The lowest BCUT2D eigenvalue weighted by atomic mass is 9.78. The Balaban J connectivity index is 1.60. The highest BCUT2D eigenvalue weighted by Gasteiger charge is 2.48. The van der Waals surface area contributed by atoms with E-state index in [1.165, 1.54) is 0 Å². The predicted octanol–water partition coefficient (Wildman–Crippen LogP) is 1.65. The van der Waals surface area contributed by atoms with E-state index in [-0.39, 0.29) is 17.2 Å². The van der Waals surface area contributed by atoms with Gasteiger partial charge in [-0.3, -0.25) is 14.7 Å². The Morgan fingerprint density at radius 3 is 2.96 bits per heavy atom. The van der Waals surface area contributed by atoms with E-state index in [4.69, 9.17) is 0 Å². The molecular formula is C17H20N4O2. The van der Waals surface area contributed by atoms with Crippen molar-refractivity contribution in [2.75, 3.05) is 26.7 Å². The molecule has 0 unspecified atom stereocenters. The van der Waals surface area contributed by atoms with Gasteiger partial charge in [0.1, 0.15) is 0 Å². The molecule has 0 bridgehead atoms. The van der Waals surface area contributed by atoms with Crippen molar-refractivity contribution in [2.24, 2.45) is 5.41 Å². The van der Waals surface area contributed by atoms with E-state index in [0.717, 1.165) is 36.7 Å². The topological polar surface area (TPSA) is 69.3 Å². The third kappa shape index (κ3) is 2.12. The molecule has 3 heterocycles. The van der Waals surface area contributed by atoms with Gasteiger partial charge in [-0.2, -0.15) is 5.10 Å². The van der Waals surface area contributed by atoms with Crippen molar-refractivity contribution in [3.05, 3.63) is 30.0 Å². The molecule has 1 N–H and O–H groups in total. The first kappa shape index (κ1) is 14.2. The van der Waals surface area contributed by atoms with Crippen LogP contribution in [-0.2, 0) is 4.79 Å². The van der Waals surface area contributed by atoms with Gasteiger partial charge in [0.15, 0.2) is 5.69 Å². The fourth-order valence-corrected chi connectivity index (χ4v) is 3.97. The van der Waals surface area contributed by atoms with E-state index in [9.17, 15) is 9.59 Å². The summed E-state index contributed by atoms with van der Waals surface area (Å²) < 4.78 is 0. The molecule has 1 spiro atoms. The summed E-state index contributed by atoms with van der Waals surface area (Å²) in [4.78, 5) is 29.0. The fourth-order valence-electron chi connectivity index (χ4n) is 3.97. The highest BCUT2D eigenvalue weighted by atomic mass is 16.2. The molecule has 2 fully saturated rings. The van der Waals surface area contributed by atoms with Crippen LogP contribution in [0.1, 0.15) is 29.8 Å². The standard InChI is InChI=1S/C17H20N4O2/c1-20-9-4-7-17(16(20)23)8-10-21(11-17)15(22)14-12-5-2-3-6-13(12)18-19-14/h2-3,5-6H,4,7-11H2,1H3,(H,18,19)/t17-/m1/s1. The van der Waals surface area contributed by atoms with Crippen LogP contribution >= 0.6 is 0 Å². The SMILES string of the molecule is CN1CCC[C@]2(CCN(C(=O)c3n[nH]c4ccccc34)C2)C1=O. The van der Waals surface area contributed by atoms with E-state index in [2.05, 4.69) is 10.2 Å². The maximum absolute atomic E-state index is 12.9. The van der Waals surface area contributed by atoms with Crippen LogP contribution in [0.2, 0.25) is 0 Å². The maximum atomic E-state index is 12.9. The number of aromatic nitrogens is 2. The molecule has 2 aromatic rings. The minimum Gasteiger partial charge on any atom is -0.345 e. The molecule has 0 aliphatic carbocycles. The number of likely N-dealkylation sites (tertiary alicyclic amines) is 2. The van der Waals surface area contributed by atoms with Crippen molar-refractivity contribution in [2.45, 2.75) is 19.3 Å². The zero-order chi connectivity index (χ0) is 16.0. The average Bonchev–Trinajstić information content (AvgIpc) is 3.17. The van der Waals surface area contributed by atoms with Crippen LogP contribution in [0, 0.1) is 5.41 Å². The van der Waals surface area contributed by atoms with E-state index in [1.807, 2.05) is 31.3 Å². The number of fused-ring (bicyclic) bond motifs is 1. The zero-order valence-electron chi connectivity index (χ0n) is 13.2. The van der Waals surface area contributed by atoms with Crippen LogP contribution in [0.4, 0.5) is 0 Å². The summed E-state index contributed by atoms with van der Waals surface area (Å²) in [5, 5.41) is 7.94. The van der Waals surface area contributed by atoms with Crippen LogP contribution in [0.15, 0.2) is 24.3 Å². The normalized spacial score (nSPS) is 24.8. The summed E-state index contributed by atoms with van der Waals surface area (Å²) in [7, 11) is 1.86. The Labute approximate surface area is 134 Å². The largest absolute Gasteiger partial charge is 0.345 e. The number of amides is 2. The highest BCUT2D eigenvalue weighted by Crippen LogP contribution is 2.40.